The second kappa shape index (κ2) is 16.3. The van der Waals surface area contributed by atoms with Crippen LogP contribution in [0.4, 0.5) is 5.13 Å². The molecule has 2 aliphatic rings. The normalized spacial score (nSPS) is 17.3. The van der Waals surface area contributed by atoms with Gasteiger partial charge in [-0.05, 0) is 41.8 Å². The highest BCUT2D eigenvalue weighted by Gasteiger charge is 2.55. The van der Waals surface area contributed by atoms with Gasteiger partial charge in [-0.1, -0.05) is 96.2 Å². The number of hydrogen-bond acceptors (Lipinski definition) is 14. The van der Waals surface area contributed by atoms with E-state index in [1.54, 1.807) is 12.1 Å². The van der Waals surface area contributed by atoms with Crippen LogP contribution in [0.3, 0.4) is 0 Å². The summed E-state index contributed by atoms with van der Waals surface area (Å²) in [4.78, 5) is 51.9. The minimum atomic E-state index is -4.19. The second-order valence-electron chi connectivity index (χ2n) is 11.5. The molecule has 4 aromatic rings. The molecule has 0 saturated carbocycles. The number of amides is 2. The lowest BCUT2D eigenvalue weighted by atomic mass is 10.0. The van der Waals surface area contributed by atoms with Crippen molar-refractivity contribution >= 4 is 62.0 Å². The van der Waals surface area contributed by atoms with E-state index in [1.807, 2.05) is 67.6 Å². The van der Waals surface area contributed by atoms with Crippen LogP contribution in [0.15, 0.2) is 131 Å². The topological polar surface area (TPSA) is 192 Å². The van der Waals surface area contributed by atoms with Crippen molar-refractivity contribution in [2.45, 2.75) is 29.3 Å². The fraction of sp³-hybridized carbons (Fsp3) is 0.167. The lowest BCUT2D eigenvalue weighted by molar-refractivity contribution is -0.154. The van der Waals surface area contributed by atoms with Gasteiger partial charge in [0.2, 0.25) is 11.5 Å². The van der Waals surface area contributed by atoms with Gasteiger partial charge in [-0.15, -0.1) is 11.8 Å². The number of esters is 1. The largest absolute Gasteiger partial charge is 0.448 e. The van der Waals surface area contributed by atoms with Crippen LogP contribution in [0.1, 0.15) is 28.6 Å². The fourth-order valence-electron chi connectivity index (χ4n) is 5.33. The first-order valence-corrected chi connectivity index (χ1v) is 19.2. The third kappa shape index (κ3) is 8.32. The van der Waals surface area contributed by atoms with Gasteiger partial charge in [0.05, 0.1) is 0 Å². The van der Waals surface area contributed by atoms with Crippen molar-refractivity contribution in [3.8, 4) is 0 Å². The maximum atomic E-state index is 14.3. The Bertz CT molecular complexity index is 2170. The molecule has 1 unspecified atom stereocenters. The predicted molar refractivity (Wildman–Crippen MR) is 198 cm³/mol. The lowest BCUT2D eigenvalue weighted by Gasteiger charge is -2.49. The van der Waals surface area contributed by atoms with Gasteiger partial charge in [-0.25, -0.2) is 4.79 Å². The molecule has 53 heavy (non-hydrogen) atoms. The smallest absolute Gasteiger partial charge is 0.356 e. The molecule has 2 amide bonds. The molecule has 0 radical (unpaired) electrons. The molecule has 3 heterocycles. The highest BCUT2D eigenvalue weighted by atomic mass is 32.2. The first-order chi connectivity index (χ1) is 25.6. The van der Waals surface area contributed by atoms with Crippen molar-refractivity contribution in [3.63, 3.8) is 0 Å². The number of nitrogens with one attached hydrogen (secondary N) is 1. The van der Waals surface area contributed by atoms with Crippen LogP contribution in [0, 0.1) is 6.92 Å². The average molecular weight is 773 g/mol. The third-order valence-corrected chi connectivity index (χ3v) is 10.9. The van der Waals surface area contributed by atoms with Gasteiger partial charge in [-0.3, -0.25) is 14.5 Å². The highest BCUT2D eigenvalue weighted by molar-refractivity contribution is 8.00. The van der Waals surface area contributed by atoms with E-state index in [9.17, 15) is 22.8 Å². The highest BCUT2D eigenvalue weighted by Crippen LogP contribution is 2.42. The van der Waals surface area contributed by atoms with Gasteiger partial charge in [0.25, 0.3) is 11.8 Å². The van der Waals surface area contributed by atoms with Gasteiger partial charge in [0, 0.05) is 17.3 Å². The summed E-state index contributed by atoms with van der Waals surface area (Å²) in [6.45, 7) is 5.36. The minimum absolute atomic E-state index is 0.0133. The Morgan fingerprint density at radius 1 is 1.08 bits per heavy atom. The maximum Gasteiger partial charge on any atom is 0.356 e. The van der Waals surface area contributed by atoms with Gasteiger partial charge >= 0.3 is 16.1 Å². The number of hydrogen-bond donors (Lipinski definition) is 2. The van der Waals surface area contributed by atoms with E-state index in [0.717, 1.165) is 23.4 Å². The number of β-lactam (4-membered cyclic amide) rings is 1. The summed E-state index contributed by atoms with van der Waals surface area (Å²) in [7, 11) is -4.19. The summed E-state index contributed by atoms with van der Waals surface area (Å²) in [5.74, 6) is -2.28. The first kappa shape index (κ1) is 37.0. The molecular formula is C36H32N6O8S3. The van der Waals surface area contributed by atoms with Crippen LogP contribution >= 0.6 is 23.3 Å². The molecule has 2 atom stereocenters. The molecule has 14 nitrogen and oxygen atoms in total. The number of ether oxygens (including phenoxy) is 1. The maximum absolute atomic E-state index is 14.3. The van der Waals surface area contributed by atoms with Gasteiger partial charge in [-0.2, -0.15) is 17.8 Å². The SMILES string of the molecule is C=CCON=C(C(=O)NC1C(=O)N2C(C(=O)OC(c3ccccc3)c3ccccc3)=C(C=COS(=O)(=O)c3ccc(C)cc3)CS[C@@H]12)c1nsc(N)n1. The summed E-state index contributed by atoms with van der Waals surface area (Å²) in [6.07, 6.45) is 2.83. The number of aromatic nitrogens is 2. The number of rotatable bonds is 14. The summed E-state index contributed by atoms with van der Waals surface area (Å²) >= 11 is 2.08. The number of nitrogens with two attached hydrogens (primary N) is 1. The minimum Gasteiger partial charge on any atom is -0.448 e. The summed E-state index contributed by atoms with van der Waals surface area (Å²) in [6, 6.07) is 23.2. The van der Waals surface area contributed by atoms with Crippen molar-refractivity contribution in [3.05, 3.63) is 144 Å². The summed E-state index contributed by atoms with van der Waals surface area (Å²) < 4.78 is 41.2. The van der Waals surface area contributed by atoms with Crippen molar-refractivity contribution in [2.75, 3.05) is 18.1 Å². The van der Waals surface area contributed by atoms with Crippen molar-refractivity contribution in [1.82, 2.24) is 19.6 Å². The molecule has 3 aromatic carbocycles. The fourth-order valence-corrected chi connectivity index (χ4v) is 7.87. The van der Waals surface area contributed by atoms with Crippen LogP contribution < -0.4 is 11.1 Å². The van der Waals surface area contributed by atoms with E-state index in [-0.39, 0.29) is 45.2 Å². The van der Waals surface area contributed by atoms with Crippen LogP contribution in [0.25, 0.3) is 0 Å². The Morgan fingerprint density at radius 2 is 1.74 bits per heavy atom. The molecular weight excluding hydrogens is 741 g/mol. The Labute approximate surface area is 313 Å². The average Bonchev–Trinajstić information content (AvgIpc) is 3.60. The molecule has 6 rings (SSSR count). The Kier molecular flexibility index (Phi) is 11.4. The number of nitrogens with zero attached hydrogens (tertiary/aromatic N) is 4. The van der Waals surface area contributed by atoms with E-state index in [4.69, 9.17) is 19.5 Å². The van der Waals surface area contributed by atoms with Gasteiger partial charge in [0.15, 0.2) is 11.2 Å². The molecule has 1 aromatic heterocycles. The number of oxime groups is 1. The molecule has 0 spiro atoms. The van der Waals surface area contributed by atoms with Crippen LogP contribution in [-0.2, 0) is 38.3 Å². The van der Waals surface area contributed by atoms with Crippen molar-refractivity contribution in [1.29, 1.82) is 0 Å². The van der Waals surface area contributed by atoms with E-state index in [0.29, 0.717) is 11.1 Å². The second-order valence-corrected chi connectivity index (χ2v) is 14.9. The summed E-state index contributed by atoms with van der Waals surface area (Å²) in [5.41, 5.74) is 7.76. The quantitative estimate of drug-likeness (QED) is 0.0271. The molecule has 0 aliphatic carbocycles. The number of anilines is 1. The molecule has 0 bridgehead atoms. The number of carbonyl (C=O) groups excluding carboxylic acids is 3. The zero-order valence-corrected chi connectivity index (χ0v) is 30.5. The van der Waals surface area contributed by atoms with Crippen LogP contribution in [0.2, 0.25) is 0 Å². The molecule has 272 valence electrons. The first-order valence-electron chi connectivity index (χ1n) is 15.9. The zero-order chi connectivity index (χ0) is 37.5. The lowest BCUT2D eigenvalue weighted by Crippen LogP contribution is -2.71. The Morgan fingerprint density at radius 3 is 2.34 bits per heavy atom. The van der Waals surface area contributed by atoms with Gasteiger partial charge in [0.1, 0.15) is 34.9 Å². The predicted octanol–water partition coefficient (Wildman–Crippen LogP) is 4.24. The van der Waals surface area contributed by atoms with E-state index in [1.165, 1.54) is 40.9 Å². The van der Waals surface area contributed by atoms with E-state index >= 15 is 0 Å². The van der Waals surface area contributed by atoms with Crippen molar-refractivity contribution in [2.24, 2.45) is 5.16 Å². The molecule has 1 fully saturated rings. The monoisotopic (exact) mass is 772 g/mol. The van der Waals surface area contributed by atoms with Crippen LogP contribution in [0.5, 0.6) is 0 Å². The molecule has 1 saturated heterocycles. The van der Waals surface area contributed by atoms with E-state index in [2.05, 4.69) is 26.4 Å². The molecule has 2 aliphatic heterocycles. The number of benzene rings is 3. The Balaban J connectivity index is 1.30. The number of allylic oxidation sites excluding steroid dienone is 1. The number of nitrogen functional groups attached to an aromatic ring is 1. The van der Waals surface area contributed by atoms with Crippen molar-refractivity contribution < 1.29 is 36.6 Å². The third-order valence-electron chi connectivity index (χ3n) is 7.89. The van der Waals surface area contributed by atoms with E-state index < -0.39 is 45.4 Å². The van der Waals surface area contributed by atoms with Crippen LogP contribution in [-0.4, -0.2) is 69.9 Å². The zero-order valence-electron chi connectivity index (χ0n) is 28.0. The molecule has 17 heteroatoms. The number of carbonyl (C=O) groups is 3. The standard InChI is InChI=1S/C36H32N6O8S3/c1-3-19-48-40-27(31-39-36(37)52-41-31)32(43)38-28-33(44)42-29(35(45)50-30(23-10-6-4-7-11-23)24-12-8-5-9-13-24)25(21-51-34(28)42)18-20-49-53(46,47)26-16-14-22(2)15-17-26/h3-18,20,28,30,34H,1,19,21H2,2H3,(H,38,43)(H2,37,39,41)/t28?,34-/m0/s1. The van der Waals surface area contributed by atoms with Gasteiger partial charge < -0.3 is 24.8 Å². The Hall–Kier alpha value is -5.78. The number of aryl methyl sites for hydroxylation is 1. The summed E-state index contributed by atoms with van der Waals surface area (Å²) in [5, 5.41) is 5.83. The number of thioether (sulfide) groups is 1. The molecule has 3 N–H and O–H groups in total. The number of fused-ring (bicyclic) bond motifs is 1.